The Morgan fingerprint density at radius 3 is 1.96 bits per heavy atom. The van der Waals surface area contributed by atoms with Crippen molar-refractivity contribution in [1.82, 2.24) is 40.4 Å². The standard InChI is InChI=1S/C49H54F2N8O6.C3H6O/c1-24(2)39(56-46(62)64-5)44(60)58-23-48(15-16-48)21-38(58)42-52-22-37(55-42)28-9-13-32-31-12-8-26(18-33(31)49(50,51)34(32)19-28)27-10-14-35-36(20-27)54-43(53-35)41-29-7-11-30(17-29)59(41)45(61)40(25(3)4)57-47(63)65-6;1-3(2)4/h8-10,12-14,18-20,22,24-25,29-30,38-41H,7,11,15-17,21,23H2,1-6H3,(H,52,55)(H,53,54)(H,56,62)(H,57,63);1-2H3/t29-,30+,38+,39+,40+,41+;/m1./s1. The van der Waals surface area contributed by atoms with E-state index in [0.717, 1.165) is 49.6 Å². The van der Waals surface area contributed by atoms with Crippen LogP contribution in [0.3, 0.4) is 0 Å². The lowest BCUT2D eigenvalue weighted by Gasteiger charge is -2.37. The molecule has 2 aliphatic heterocycles. The lowest BCUT2D eigenvalue weighted by Crippen LogP contribution is -2.54. The predicted octanol–water partition coefficient (Wildman–Crippen LogP) is 9.20. The monoisotopic (exact) mass is 946 g/mol. The van der Waals surface area contributed by atoms with Crippen molar-refractivity contribution in [3.63, 3.8) is 0 Å². The summed E-state index contributed by atoms with van der Waals surface area (Å²) in [6.45, 7) is 11.1. The van der Waals surface area contributed by atoms with Gasteiger partial charge in [0.15, 0.2) is 0 Å². The average molecular weight is 947 g/mol. The van der Waals surface area contributed by atoms with Crippen molar-refractivity contribution in [2.45, 2.75) is 116 Å². The lowest BCUT2D eigenvalue weighted by atomic mass is 9.95. The fourth-order valence-electron chi connectivity index (χ4n) is 11.0. The summed E-state index contributed by atoms with van der Waals surface area (Å²) in [6.07, 6.45) is 5.75. The van der Waals surface area contributed by atoms with Gasteiger partial charge in [-0.3, -0.25) is 9.59 Å². The highest BCUT2D eigenvalue weighted by Gasteiger charge is 2.56. The Morgan fingerprint density at radius 1 is 0.768 bits per heavy atom. The number of aromatic nitrogens is 4. The smallest absolute Gasteiger partial charge is 0.407 e. The highest BCUT2D eigenvalue weighted by atomic mass is 19.3. The number of nitrogens with zero attached hydrogens (tertiary/aromatic N) is 4. The number of carbonyl (C=O) groups excluding carboxylic acids is 5. The molecule has 364 valence electrons. The Kier molecular flexibility index (Phi) is 12.4. The number of likely N-dealkylation sites (tertiary alicyclic amines) is 2. The summed E-state index contributed by atoms with van der Waals surface area (Å²) in [5, 5.41) is 5.43. The molecule has 6 atom stereocenters. The second-order valence-corrected chi connectivity index (χ2v) is 20.4. The van der Waals surface area contributed by atoms with Gasteiger partial charge in [-0.15, -0.1) is 0 Å². The Balaban J connectivity index is 0.00000143. The van der Waals surface area contributed by atoms with Crippen LogP contribution in [-0.4, -0.2) is 98.4 Å². The Hall–Kier alpha value is -6.65. The fourth-order valence-corrected chi connectivity index (χ4v) is 11.0. The van der Waals surface area contributed by atoms with E-state index in [0.29, 0.717) is 51.7 Å². The number of hydrogen-bond acceptors (Lipinski definition) is 9. The molecular formula is C52H60F2N8O7. The summed E-state index contributed by atoms with van der Waals surface area (Å²) >= 11 is 0. The molecule has 17 heteroatoms. The lowest BCUT2D eigenvalue weighted by molar-refractivity contribution is -0.139. The minimum absolute atomic E-state index is 0.0102. The maximum atomic E-state index is 16.7. The van der Waals surface area contributed by atoms with Crippen molar-refractivity contribution in [2.24, 2.45) is 23.2 Å². The largest absolute Gasteiger partial charge is 0.453 e. The summed E-state index contributed by atoms with van der Waals surface area (Å²) in [5.74, 6) is -2.36. The number of imidazole rings is 2. The molecule has 5 aliphatic rings. The number of ether oxygens (including phenoxy) is 2. The van der Waals surface area contributed by atoms with Crippen LogP contribution >= 0.6 is 0 Å². The van der Waals surface area contributed by atoms with Gasteiger partial charge >= 0.3 is 12.2 Å². The zero-order chi connectivity index (χ0) is 49.3. The van der Waals surface area contributed by atoms with Crippen LogP contribution in [0.15, 0.2) is 60.8 Å². The third-order valence-corrected chi connectivity index (χ3v) is 14.7. The first kappa shape index (κ1) is 47.4. The van der Waals surface area contributed by atoms with Crippen LogP contribution in [0.5, 0.6) is 0 Å². The number of methoxy groups -OCH3 is 2. The minimum Gasteiger partial charge on any atom is -0.453 e. The van der Waals surface area contributed by atoms with E-state index in [1.807, 2.05) is 62.9 Å². The van der Waals surface area contributed by atoms with E-state index in [1.54, 1.807) is 29.3 Å². The van der Waals surface area contributed by atoms with Crippen LogP contribution < -0.4 is 10.6 Å². The third-order valence-electron chi connectivity index (χ3n) is 14.7. The number of aromatic amines is 2. The Labute approximate surface area is 399 Å². The molecule has 4 fully saturated rings. The maximum Gasteiger partial charge on any atom is 0.407 e. The number of piperidine rings is 1. The van der Waals surface area contributed by atoms with Crippen molar-refractivity contribution >= 4 is 40.8 Å². The molecule has 5 aromatic rings. The van der Waals surface area contributed by atoms with E-state index < -0.39 is 30.2 Å². The summed E-state index contributed by atoms with van der Waals surface area (Å²) in [5.41, 5.74) is 4.68. The van der Waals surface area contributed by atoms with Crippen LogP contribution in [0.4, 0.5) is 18.4 Å². The topological polar surface area (TPSA) is 192 Å². The summed E-state index contributed by atoms with van der Waals surface area (Å²) in [7, 11) is 2.54. The van der Waals surface area contributed by atoms with Gasteiger partial charge in [-0.05, 0) is 122 Å². The molecule has 69 heavy (non-hydrogen) atoms. The van der Waals surface area contributed by atoms with Crippen LogP contribution in [0.1, 0.15) is 115 Å². The fraction of sp³-hybridized carbons (Fsp3) is 0.481. The first-order valence-electron chi connectivity index (χ1n) is 23.8. The first-order valence-corrected chi connectivity index (χ1v) is 23.8. The molecular weight excluding hydrogens is 887 g/mol. The van der Waals surface area contributed by atoms with Gasteiger partial charge in [0.05, 0.1) is 49.2 Å². The quantitative estimate of drug-likeness (QED) is 0.106. The number of carbonyl (C=O) groups is 5. The Morgan fingerprint density at radius 2 is 1.35 bits per heavy atom. The van der Waals surface area contributed by atoms with Gasteiger partial charge in [-0.1, -0.05) is 58.0 Å². The number of alkyl carbamates (subject to hydrolysis) is 2. The molecule has 4 heterocycles. The number of alkyl halides is 2. The van der Waals surface area contributed by atoms with Crippen molar-refractivity contribution < 1.29 is 42.2 Å². The average Bonchev–Trinajstić information content (AvgIpc) is 3.98. The normalized spacial score (nSPS) is 22.0. The third kappa shape index (κ3) is 8.73. The molecule has 3 aliphatic carbocycles. The molecule has 0 radical (unpaired) electrons. The molecule has 2 saturated heterocycles. The first-order chi connectivity index (χ1) is 32.8. The highest BCUT2D eigenvalue weighted by molar-refractivity contribution is 5.89. The number of fused-ring (bicyclic) bond motifs is 6. The molecule has 4 amide bonds. The van der Waals surface area contributed by atoms with Crippen LogP contribution in [0, 0.1) is 23.2 Å². The summed E-state index contributed by atoms with van der Waals surface area (Å²) in [6, 6.07) is 13.8. The zero-order valence-corrected chi connectivity index (χ0v) is 40.2. The number of benzene rings is 3. The van der Waals surface area contributed by atoms with Gasteiger partial charge in [0, 0.05) is 29.3 Å². The van der Waals surface area contributed by atoms with E-state index in [-0.39, 0.29) is 70.0 Å². The molecule has 2 bridgehead atoms. The number of halogens is 2. The maximum absolute atomic E-state index is 16.7. The molecule has 1 spiro atoms. The molecule has 15 nitrogen and oxygen atoms in total. The second-order valence-electron chi connectivity index (χ2n) is 20.4. The van der Waals surface area contributed by atoms with Crippen molar-refractivity contribution in [2.75, 3.05) is 20.8 Å². The summed E-state index contributed by atoms with van der Waals surface area (Å²) < 4.78 is 43.0. The van der Waals surface area contributed by atoms with Crippen molar-refractivity contribution in [3.05, 3.63) is 83.6 Å². The van der Waals surface area contributed by atoms with Crippen molar-refractivity contribution in [1.29, 1.82) is 0 Å². The predicted molar refractivity (Wildman–Crippen MR) is 254 cm³/mol. The zero-order valence-electron chi connectivity index (χ0n) is 40.2. The molecule has 4 N–H and O–H groups in total. The van der Waals surface area contributed by atoms with Gasteiger partial charge in [-0.2, -0.15) is 8.78 Å². The number of nitrogens with one attached hydrogen (secondary N) is 4. The highest BCUT2D eigenvalue weighted by Crippen LogP contribution is 2.59. The van der Waals surface area contributed by atoms with Gasteiger partial charge in [0.1, 0.15) is 29.5 Å². The van der Waals surface area contributed by atoms with E-state index in [4.69, 9.17) is 19.4 Å². The van der Waals surface area contributed by atoms with E-state index in [2.05, 4.69) is 20.6 Å². The summed E-state index contributed by atoms with van der Waals surface area (Å²) in [4.78, 5) is 82.0. The Bertz CT molecular complexity index is 2850. The van der Waals surface area contributed by atoms with Crippen molar-refractivity contribution in [3.8, 4) is 33.5 Å². The number of ketones is 1. The van der Waals surface area contributed by atoms with Gasteiger partial charge in [0.2, 0.25) is 11.8 Å². The van der Waals surface area contributed by atoms with Crippen LogP contribution in [-0.2, 0) is 29.8 Å². The van der Waals surface area contributed by atoms with Gasteiger partial charge in [-0.25, -0.2) is 19.6 Å². The van der Waals surface area contributed by atoms with E-state index >= 15 is 8.78 Å². The van der Waals surface area contributed by atoms with E-state index in [1.165, 1.54) is 34.1 Å². The second kappa shape index (κ2) is 18.0. The SMILES string of the molecule is CC(C)=O.COC(=O)N[C@H](C(=O)N1CC2(CC2)C[C@H]1c1ncc(-c2ccc3c(c2)C(F)(F)c2cc(-c4ccc5nc([C@@H]6[C@@H]7CC[C@@H](C7)N6C(=O)[C@@H](NC(=O)OC)C(C)C)[nH]c5c4)ccc2-3)[nH]1)C(C)C. The molecule has 10 rings (SSSR count). The van der Waals surface area contributed by atoms with E-state index in [9.17, 15) is 24.0 Å². The van der Waals surface area contributed by atoms with Crippen LogP contribution in [0.25, 0.3) is 44.5 Å². The number of rotatable bonds is 10. The van der Waals surface area contributed by atoms with Crippen LogP contribution in [0.2, 0.25) is 0 Å². The molecule has 2 saturated carbocycles. The number of amides is 4. The number of hydrogen-bond donors (Lipinski definition) is 4. The van der Waals surface area contributed by atoms with Gasteiger partial charge in [0.25, 0.3) is 5.92 Å². The van der Waals surface area contributed by atoms with Gasteiger partial charge < -0.3 is 44.7 Å². The number of H-pyrrole nitrogens is 2. The number of Topliss-reactive ketones (excluding diaryl/α,β-unsaturated/α-hetero) is 1. The molecule has 3 aromatic carbocycles. The minimum atomic E-state index is -3.29. The molecule has 2 aromatic heterocycles. The molecule has 0 unspecified atom stereocenters.